The van der Waals surface area contributed by atoms with E-state index < -0.39 is 16.7 Å². The van der Waals surface area contributed by atoms with E-state index in [0.29, 0.717) is 32.1 Å². The number of likely N-dealkylation sites (N-methyl/N-ethyl adjacent to an activating group) is 1. The van der Waals surface area contributed by atoms with Crippen molar-refractivity contribution in [3.05, 3.63) is 50.5 Å². The topological polar surface area (TPSA) is 118 Å². The number of rotatable bonds is 5. The van der Waals surface area contributed by atoms with E-state index in [4.69, 9.17) is 4.52 Å². The van der Waals surface area contributed by atoms with E-state index >= 15 is 0 Å². The van der Waals surface area contributed by atoms with Gasteiger partial charge in [0.1, 0.15) is 0 Å². The van der Waals surface area contributed by atoms with Gasteiger partial charge in [-0.2, -0.15) is 12.6 Å². The first kappa shape index (κ1) is 22.3. The maximum Gasteiger partial charge on any atom is 0.443 e. The molecule has 1 aromatic carbocycles. The zero-order valence-electron chi connectivity index (χ0n) is 18.0. The van der Waals surface area contributed by atoms with E-state index in [2.05, 4.69) is 17.8 Å². The number of benzene rings is 1. The number of hydrogen-bond donors (Lipinski definition) is 1. The van der Waals surface area contributed by atoms with E-state index in [1.54, 1.807) is 12.1 Å². The molecule has 3 atom stereocenters. The lowest BCUT2D eigenvalue weighted by molar-refractivity contribution is -0.384. The molecule has 2 saturated heterocycles. The van der Waals surface area contributed by atoms with E-state index in [0.717, 1.165) is 18.5 Å². The van der Waals surface area contributed by atoms with Crippen LogP contribution in [-0.4, -0.2) is 81.4 Å². The third-order valence-electron chi connectivity index (χ3n) is 6.28. The quantitative estimate of drug-likeness (QED) is 0.397. The summed E-state index contributed by atoms with van der Waals surface area (Å²) in [7, 11) is 1.95. The number of piperazine rings is 1. The van der Waals surface area contributed by atoms with Crippen molar-refractivity contribution >= 4 is 30.2 Å². The number of aromatic nitrogens is 2. The highest BCUT2D eigenvalue weighted by molar-refractivity contribution is 7.81. The van der Waals surface area contributed by atoms with Crippen molar-refractivity contribution in [2.24, 2.45) is 0 Å². The molecule has 11 nitrogen and oxygen atoms in total. The Hall–Kier alpha value is -2.86. The van der Waals surface area contributed by atoms with Gasteiger partial charge < -0.3 is 9.80 Å². The van der Waals surface area contributed by atoms with Gasteiger partial charge in [-0.15, -0.1) is 0 Å². The lowest BCUT2D eigenvalue weighted by Gasteiger charge is -2.37. The molecule has 2 aliphatic heterocycles. The molecule has 4 rings (SSSR count). The molecule has 1 aromatic heterocycles. The average molecular weight is 463 g/mol. The number of carbonyl (C=O) groups is 1. The van der Waals surface area contributed by atoms with Gasteiger partial charge in [0.05, 0.1) is 17.0 Å². The summed E-state index contributed by atoms with van der Waals surface area (Å²) in [5.41, 5.74) is 0.707. The highest BCUT2D eigenvalue weighted by Crippen LogP contribution is 2.26. The molecule has 12 heteroatoms. The Morgan fingerprint density at radius 1 is 1.25 bits per heavy atom. The number of hydrogen-bond acceptors (Lipinski definition) is 9. The Labute approximate surface area is 190 Å². The number of amides is 1. The predicted molar refractivity (Wildman–Crippen MR) is 120 cm³/mol. The lowest BCUT2D eigenvalue weighted by Crippen LogP contribution is -2.53. The Morgan fingerprint density at radius 3 is 2.47 bits per heavy atom. The molecule has 0 bridgehead atoms. The van der Waals surface area contributed by atoms with Gasteiger partial charge in [0, 0.05) is 50.1 Å². The number of non-ortho nitro benzene ring substituents is 1. The number of anilines is 1. The van der Waals surface area contributed by atoms with Gasteiger partial charge in [0.2, 0.25) is 11.9 Å². The smallest absolute Gasteiger partial charge is 0.338 e. The van der Waals surface area contributed by atoms with Crippen molar-refractivity contribution in [1.29, 1.82) is 0 Å². The molecule has 1 unspecified atom stereocenters. The van der Waals surface area contributed by atoms with Crippen LogP contribution in [-0.2, 0) is 4.79 Å². The molecule has 0 saturated carbocycles. The van der Waals surface area contributed by atoms with E-state index in [1.807, 2.05) is 28.7 Å². The summed E-state index contributed by atoms with van der Waals surface area (Å²) in [6.45, 7) is 4.69. The van der Waals surface area contributed by atoms with Gasteiger partial charge in [0.25, 0.3) is 5.69 Å². The Bertz CT molecular complexity index is 1050. The normalized spacial score (nSPS) is 22.8. The maximum atomic E-state index is 12.9. The zero-order chi connectivity index (χ0) is 23.0. The molecule has 2 fully saturated rings. The second-order valence-corrected chi connectivity index (χ2v) is 9.03. The summed E-state index contributed by atoms with van der Waals surface area (Å²) in [6, 6.07) is 5.48. The largest absolute Gasteiger partial charge is 0.443 e. The second kappa shape index (κ2) is 8.94. The fourth-order valence-corrected chi connectivity index (χ4v) is 4.87. The van der Waals surface area contributed by atoms with Gasteiger partial charge in [-0.25, -0.2) is 9.36 Å². The van der Waals surface area contributed by atoms with Crippen LogP contribution in [0.1, 0.15) is 24.9 Å². The van der Waals surface area contributed by atoms with Gasteiger partial charge in [-0.1, -0.05) is 12.1 Å². The van der Waals surface area contributed by atoms with Crippen LogP contribution in [0.4, 0.5) is 11.6 Å². The first-order valence-electron chi connectivity index (χ1n) is 10.5. The van der Waals surface area contributed by atoms with Crippen LogP contribution in [0.25, 0.3) is 0 Å². The predicted octanol–water partition coefficient (Wildman–Crippen LogP) is 1.00. The molecule has 32 heavy (non-hydrogen) atoms. The fraction of sp³-hybridized carbons (Fsp3) is 0.550. The highest BCUT2D eigenvalue weighted by atomic mass is 32.1. The molecule has 2 aliphatic rings. The molecule has 1 amide bonds. The molecule has 0 radical (unpaired) electrons. The summed E-state index contributed by atoms with van der Waals surface area (Å²) in [6.07, 6.45) is 0.744. The van der Waals surface area contributed by atoms with Gasteiger partial charge in [0.15, 0.2) is 0 Å². The molecule has 172 valence electrons. The number of nitro benzene ring substituents is 1. The minimum absolute atomic E-state index is 0.0169. The summed E-state index contributed by atoms with van der Waals surface area (Å²) in [5.74, 6) is -0.0985. The van der Waals surface area contributed by atoms with Crippen LogP contribution >= 0.6 is 12.6 Å². The van der Waals surface area contributed by atoms with E-state index in [9.17, 15) is 19.7 Å². The first-order chi connectivity index (χ1) is 15.3. The average Bonchev–Trinajstić information content (AvgIpc) is 3.34. The van der Waals surface area contributed by atoms with Crippen molar-refractivity contribution in [2.75, 3.05) is 44.7 Å². The van der Waals surface area contributed by atoms with Gasteiger partial charge in [-0.05, 0) is 31.1 Å². The second-order valence-electron chi connectivity index (χ2n) is 8.30. The minimum atomic E-state index is -0.600. The van der Waals surface area contributed by atoms with Gasteiger partial charge in [-0.3, -0.25) is 24.3 Å². The standard InChI is InChI=1S/C20H26N6O5S/c1-13(14-3-5-15(6-4-14)26(29)30)25-19(21-31-20(25)28)24-9-7-23(8-10-24)18(27)17-11-16(32)12-22(17)2/h3-6,13,16-17,32H,7-12H2,1-2H3/t13?,16-,17-/m0/s1. The third-order valence-corrected chi connectivity index (χ3v) is 6.65. The van der Waals surface area contributed by atoms with E-state index in [1.165, 1.54) is 16.7 Å². The summed E-state index contributed by atoms with van der Waals surface area (Å²) in [5, 5.41) is 15.1. The zero-order valence-corrected chi connectivity index (χ0v) is 18.9. The molecule has 3 heterocycles. The van der Waals surface area contributed by atoms with Crippen molar-refractivity contribution in [2.45, 2.75) is 30.7 Å². The minimum Gasteiger partial charge on any atom is -0.338 e. The summed E-state index contributed by atoms with van der Waals surface area (Å²) < 4.78 is 6.39. The van der Waals surface area contributed by atoms with Crippen molar-refractivity contribution in [3.63, 3.8) is 0 Å². The molecular formula is C20H26N6O5S. The number of thiol groups is 1. The number of likely N-dealkylation sites (tertiary alicyclic amines) is 1. The molecule has 0 aliphatic carbocycles. The summed E-state index contributed by atoms with van der Waals surface area (Å²) in [4.78, 5) is 41.6. The van der Waals surface area contributed by atoms with Crippen molar-refractivity contribution < 1.29 is 14.2 Å². The van der Waals surface area contributed by atoms with Crippen LogP contribution in [0.3, 0.4) is 0 Å². The van der Waals surface area contributed by atoms with Crippen LogP contribution in [0.15, 0.2) is 33.6 Å². The monoisotopic (exact) mass is 462 g/mol. The number of nitro groups is 1. The first-order valence-corrected chi connectivity index (χ1v) is 11.0. The molecule has 0 N–H and O–H groups in total. The Kier molecular flexibility index (Phi) is 6.24. The highest BCUT2D eigenvalue weighted by Gasteiger charge is 2.37. The van der Waals surface area contributed by atoms with E-state index in [-0.39, 0.29) is 22.9 Å². The van der Waals surface area contributed by atoms with Gasteiger partial charge >= 0.3 is 5.76 Å². The SMILES string of the molecule is CC(c1ccc([N+](=O)[O-])cc1)n1c(N2CCN(C(=O)[C@@H]3C[C@H](S)CN3C)CC2)noc1=O. The summed E-state index contributed by atoms with van der Waals surface area (Å²) >= 11 is 4.50. The van der Waals surface area contributed by atoms with Crippen molar-refractivity contribution in [3.8, 4) is 0 Å². The lowest BCUT2D eigenvalue weighted by atomic mass is 10.1. The number of carbonyl (C=O) groups excluding carboxylic acids is 1. The van der Waals surface area contributed by atoms with Crippen molar-refractivity contribution in [1.82, 2.24) is 19.5 Å². The Morgan fingerprint density at radius 2 is 1.91 bits per heavy atom. The van der Waals surface area contributed by atoms with Crippen LogP contribution < -0.4 is 10.7 Å². The molecule has 0 spiro atoms. The third kappa shape index (κ3) is 4.24. The van der Waals surface area contributed by atoms with Crippen LogP contribution in [0.5, 0.6) is 0 Å². The van der Waals surface area contributed by atoms with Crippen LogP contribution in [0.2, 0.25) is 0 Å². The molecule has 2 aromatic rings. The maximum absolute atomic E-state index is 12.9. The van der Waals surface area contributed by atoms with Crippen LogP contribution in [0, 0.1) is 10.1 Å². The Balaban J connectivity index is 1.46. The number of nitrogens with zero attached hydrogens (tertiary/aromatic N) is 6. The fourth-order valence-electron chi connectivity index (χ4n) is 4.41. The molecular weight excluding hydrogens is 436 g/mol.